The molecule has 1 unspecified atom stereocenters. The molecule has 1 aliphatic rings. The van der Waals surface area contributed by atoms with Crippen molar-refractivity contribution in [2.45, 2.75) is 58.0 Å². The molecule has 0 radical (unpaired) electrons. The van der Waals surface area contributed by atoms with Gasteiger partial charge in [0, 0.05) is 17.6 Å². The predicted octanol–water partition coefficient (Wildman–Crippen LogP) is 3.27. The Morgan fingerprint density at radius 2 is 2.04 bits per heavy atom. The van der Waals surface area contributed by atoms with Gasteiger partial charge in [-0.25, -0.2) is 4.39 Å². The number of amides is 1. The number of halogens is 1. The van der Waals surface area contributed by atoms with Gasteiger partial charge < -0.3 is 9.88 Å². The van der Waals surface area contributed by atoms with E-state index in [1.807, 2.05) is 18.4 Å². The number of aromatic nitrogens is 3. The smallest absolute Gasteiger partial charge is 0.231 e. The number of carbonyl (C=O) groups is 1. The van der Waals surface area contributed by atoms with E-state index in [-0.39, 0.29) is 23.2 Å². The highest BCUT2D eigenvalue weighted by atomic mass is 19.1. The lowest BCUT2D eigenvalue weighted by Gasteiger charge is -2.29. The number of carbonyl (C=O) groups excluding carboxylic acids is 1. The van der Waals surface area contributed by atoms with Crippen molar-refractivity contribution in [1.82, 2.24) is 20.1 Å². The molecular formula is C18H23FN4O. The number of fused-ring (bicyclic) bond motifs is 1. The highest BCUT2D eigenvalue weighted by molar-refractivity contribution is 5.83. The molecule has 0 saturated heterocycles. The average molecular weight is 330 g/mol. The van der Waals surface area contributed by atoms with Crippen molar-refractivity contribution >= 4 is 5.91 Å². The zero-order valence-corrected chi connectivity index (χ0v) is 14.3. The Labute approximate surface area is 141 Å². The Morgan fingerprint density at radius 1 is 1.33 bits per heavy atom. The predicted molar refractivity (Wildman–Crippen MR) is 89.9 cm³/mol. The molecule has 128 valence electrons. The summed E-state index contributed by atoms with van der Waals surface area (Å²) in [7, 11) is 0. The monoisotopic (exact) mass is 330 g/mol. The molecule has 0 aliphatic carbocycles. The quantitative estimate of drug-likeness (QED) is 0.936. The van der Waals surface area contributed by atoms with Crippen LogP contribution in [0, 0.1) is 5.82 Å². The van der Waals surface area contributed by atoms with Gasteiger partial charge in [0.15, 0.2) is 5.82 Å². The second kappa shape index (κ2) is 6.34. The lowest BCUT2D eigenvalue weighted by Crippen LogP contribution is -2.46. The molecule has 1 amide bonds. The fourth-order valence-electron chi connectivity index (χ4n) is 2.95. The Morgan fingerprint density at radius 3 is 2.71 bits per heavy atom. The first-order valence-corrected chi connectivity index (χ1v) is 8.42. The molecule has 2 aromatic rings. The molecule has 1 aromatic heterocycles. The summed E-state index contributed by atoms with van der Waals surface area (Å²) < 4.78 is 15.1. The molecule has 1 N–H and O–H groups in total. The molecule has 1 aliphatic heterocycles. The van der Waals surface area contributed by atoms with Crippen LogP contribution in [0.1, 0.15) is 51.8 Å². The van der Waals surface area contributed by atoms with Crippen molar-refractivity contribution in [3.8, 4) is 11.4 Å². The van der Waals surface area contributed by atoms with Gasteiger partial charge in [-0.05, 0) is 57.4 Å². The Bertz CT molecular complexity index is 736. The minimum absolute atomic E-state index is 0.000793. The Kier molecular flexibility index (Phi) is 4.39. The van der Waals surface area contributed by atoms with Crippen molar-refractivity contribution in [3.05, 3.63) is 35.9 Å². The third kappa shape index (κ3) is 3.18. The fraction of sp³-hybridized carbons (Fsp3) is 0.500. The molecule has 0 saturated carbocycles. The summed E-state index contributed by atoms with van der Waals surface area (Å²) >= 11 is 0. The second-order valence-electron chi connectivity index (χ2n) is 6.96. The maximum absolute atomic E-state index is 13.1. The van der Waals surface area contributed by atoms with Crippen LogP contribution >= 0.6 is 0 Å². The normalized spacial score (nSPS) is 17.4. The summed E-state index contributed by atoms with van der Waals surface area (Å²) in [5.74, 6) is 0.825. The molecule has 24 heavy (non-hydrogen) atoms. The summed E-state index contributed by atoms with van der Waals surface area (Å²) in [6.07, 6.45) is 2.52. The molecule has 0 fully saturated rings. The minimum atomic E-state index is -0.286. The lowest BCUT2D eigenvalue weighted by molar-refractivity contribution is -0.124. The van der Waals surface area contributed by atoms with E-state index in [0.29, 0.717) is 11.6 Å². The number of hydrogen-bond acceptors (Lipinski definition) is 3. The SMILES string of the molecule is CCC(C)(C)NC(=O)C1CCCn2c(-c3ccc(F)cc3)nnc21. The third-order valence-corrected chi connectivity index (χ3v) is 4.73. The van der Waals surface area contributed by atoms with E-state index in [1.165, 1.54) is 12.1 Å². The average Bonchev–Trinajstić information content (AvgIpc) is 2.99. The van der Waals surface area contributed by atoms with Gasteiger partial charge in [0.25, 0.3) is 0 Å². The third-order valence-electron chi connectivity index (χ3n) is 4.73. The van der Waals surface area contributed by atoms with E-state index < -0.39 is 0 Å². The summed E-state index contributed by atoms with van der Waals surface area (Å²) in [4.78, 5) is 12.7. The van der Waals surface area contributed by atoms with Crippen LogP contribution in [0.3, 0.4) is 0 Å². The van der Waals surface area contributed by atoms with Crippen LogP contribution in [0.5, 0.6) is 0 Å². The van der Waals surface area contributed by atoms with Gasteiger partial charge >= 0.3 is 0 Å². The number of nitrogens with one attached hydrogen (secondary N) is 1. The highest BCUT2D eigenvalue weighted by Gasteiger charge is 2.33. The molecule has 2 heterocycles. The van der Waals surface area contributed by atoms with Crippen LogP contribution in [0.15, 0.2) is 24.3 Å². The van der Waals surface area contributed by atoms with Crippen LogP contribution in [-0.2, 0) is 11.3 Å². The van der Waals surface area contributed by atoms with Gasteiger partial charge in [-0.15, -0.1) is 10.2 Å². The largest absolute Gasteiger partial charge is 0.351 e. The summed E-state index contributed by atoms with van der Waals surface area (Å²) in [5.41, 5.74) is 0.573. The molecule has 5 nitrogen and oxygen atoms in total. The fourth-order valence-corrected chi connectivity index (χ4v) is 2.95. The zero-order chi connectivity index (χ0) is 17.3. The molecule has 0 bridgehead atoms. The van der Waals surface area contributed by atoms with Gasteiger partial charge in [0.05, 0.1) is 5.92 Å². The number of nitrogens with zero attached hydrogens (tertiary/aromatic N) is 3. The summed E-state index contributed by atoms with van der Waals surface area (Å²) in [5, 5.41) is 11.6. The minimum Gasteiger partial charge on any atom is -0.351 e. The van der Waals surface area contributed by atoms with Gasteiger partial charge in [-0.3, -0.25) is 4.79 Å². The van der Waals surface area contributed by atoms with E-state index in [2.05, 4.69) is 22.4 Å². The van der Waals surface area contributed by atoms with E-state index in [0.717, 1.165) is 31.4 Å². The van der Waals surface area contributed by atoms with Crippen molar-refractivity contribution in [3.63, 3.8) is 0 Å². The lowest BCUT2D eigenvalue weighted by atomic mass is 9.94. The molecular weight excluding hydrogens is 307 g/mol. The van der Waals surface area contributed by atoms with Gasteiger partial charge in [0.2, 0.25) is 5.91 Å². The van der Waals surface area contributed by atoms with Gasteiger partial charge in [-0.1, -0.05) is 6.92 Å². The van der Waals surface area contributed by atoms with Crippen LogP contribution in [0.25, 0.3) is 11.4 Å². The van der Waals surface area contributed by atoms with Crippen molar-refractivity contribution in [1.29, 1.82) is 0 Å². The second-order valence-corrected chi connectivity index (χ2v) is 6.96. The highest BCUT2D eigenvalue weighted by Crippen LogP contribution is 2.31. The van der Waals surface area contributed by atoms with E-state index in [9.17, 15) is 9.18 Å². The number of benzene rings is 1. The standard InChI is InChI=1S/C18H23FN4O/c1-4-18(2,3)20-17(24)14-6-5-11-23-15(21-22-16(14)23)12-7-9-13(19)10-8-12/h7-10,14H,4-6,11H2,1-3H3,(H,20,24). The maximum atomic E-state index is 13.1. The first-order valence-electron chi connectivity index (χ1n) is 8.42. The van der Waals surface area contributed by atoms with Crippen molar-refractivity contribution in [2.24, 2.45) is 0 Å². The van der Waals surface area contributed by atoms with Gasteiger partial charge in [0.1, 0.15) is 11.6 Å². The van der Waals surface area contributed by atoms with Crippen molar-refractivity contribution < 1.29 is 9.18 Å². The van der Waals surface area contributed by atoms with E-state index in [1.54, 1.807) is 12.1 Å². The number of hydrogen-bond donors (Lipinski definition) is 1. The molecule has 0 spiro atoms. The number of rotatable bonds is 4. The molecule has 6 heteroatoms. The zero-order valence-electron chi connectivity index (χ0n) is 14.3. The van der Waals surface area contributed by atoms with Crippen molar-refractivity contribution in [2.75, 3.05) is 0 Å². The first kappa shape index (κ1) is 16.6. The van der Waals surface area contributed by atoms with Crippen LogP contribution < -0.4 is 5.32 Å². The molecule has 3 rings (SSSR count). The Hall–Kier alpha value is -2.24. The van der Waals surface area contributed by atoms with Gasteiger partial charge in [-0.2, -0.15) is 0 Å². The maximum Gasteiger partial charge on any atom is 0.231 e. The summed E-state index contributed by atoms with van der Waals surface area (Å²) in [6, 6.07) is 6.20. The topological polar surface area (TPSA) is 59.8 Å². The molecule has 1 atom stereocenters. The molecule has 1 aromatic carbocycles. The van der Waals surface area contributed by atoms with E-state index >= 15 is 0 Å². The van der Waals surface area contributed by atoms with Crippen LogP contribution in [-0.4, -0.2) is 26.2 Å². The van der Waals surface area contributed by atoms with Crippen LogP contribution in [0.4, 0.5) is 4.39 Å². The summed E-state index contributed by atoms with van der Waals surface area (Å²) in [6.45, 7) is 6.86. The van der Waals surface area contributed by atoms with E-state index in [4.69, 9.17) is 0 Å². The first-order chi connectivity index (χ1) is 11.4. The van der Waals surface area contributed by atoms with Crippen LogP contribution in [0.2, 0.25) is 0 Å². The Balaban J connectivity index is 1.89.